The number of aliphatic imine (C=N–C) groups is 1. The number of benzene rings is 1. The monoisotopic (exact) mass is 535 g/mol. The van der Waals surface area contributed by atoms with Crippen molar-refractivity contribution in [2.24, 2.45) is 12.0 Å². The van der Waals surface area contributed by atoms with Crippen molar-refractivity contribution in [3.8, 4) is 0 Å². The first-order valence-electron chi connectivity index (χ1n) is 9.62. The van der Waals surface area contributed by atoms with Gasteiger partial charge in [0, 0.05) is 36.3 Å². The lowest BCUT2D eigenvalue weighted by Crippen LogP contribution is -2.39. The molecular weight excluding hydrogens is 504 g/mol. The molecule has 162 valence electrons. The lowest BCUT2D eigenvalue weighted by molar-refractivity contribution is 0.534. The Morgan fingerprint density at radius 3 is 2.52 bits per heavy atom. The highest BCUT2D eigenvalue weighted by Gasteiger charge is 2.23. The topological polar surface area (TPSA) is 54.2 Å². The van der Waals surface area contributed by atoms with Crippen LogP contribution in [0.1, 0.15) is 43.3 Å². The summed E-state index contributed by atoms with van der Waals surface area (Å²) in [5.74, 6) is 0.428. The Morgan fingerprint density at radius 2 is 1.97 bits per heavy atom. The smallest absolute Gasteiger partial charge is 0.191 e. The predicted molar refractivity (Wildman–Crippen MR) is 130 cm³/mol. The number of hydrogen-bond donors (Lipinski definition) is 2. The summed E-state index contributed by atoms with van der Waals surface area (Å²) < 4.78 is 15.3. The van der Waals surface area contributed by atoms with Crippen molar-refractivity contribution in [3.05, 3.63) is 51.6 Å². The molecule has 0 spiro atoms. The highest BCUT2D eigenvalue weighted by atomic mass is 127. The van der Waals surface area contributed by atoms with Gasteiger partial charge in [-0.15, -0.1) is 24.0 Å². The van der Waals surface area contributed by atoms with Crippen LogP contribution in [0.3, 0.4) is 0 Å². The molecule has 1 aromatic carbocycles. The molecule has 0 saturated heterocycles. The van der Waals surface area contributed by atoms with Crippen molar-refractivity contribution in [2.45, 2.75) is 46.5 Å². The highest BCUT2D eigenvalue weighted by molar-refractivity contribution is 14.0. The molecule has 0 amide bonds. The number of halogens is 3. The van der Waals surface area contributed by atoms with E-state index < -0.39 is 0 Å². The van der Waals surface area contributed by atoms with Gasteiger partial charge in [0.15, 0.2) is 5.96 Å². The molecule has 0 radical (unpaired) electrons. The summed E-state index contributed by atoms with van der Waals surface area (Å²) in [7, 11) is 1.97. The van der Waals surface area contributed by atoms with E-state index in [1.165, 1.54) is 23.4 Å². The molecular formula is C21H32ClFIN5. The van der Waals surface area contributed by atoms with E-state index in [0.29, 0.717) is 11.6 Å². The van der Waals surface area contributed by atoms with E-state index >= 15 is 0 Å². The fourth-order valence-corrected chi connectivity index (χ4v) is 3.65. The van der Waals surface area contributed by atoms with E-state index in [1.54, 1.807) is 6.07 Å². The number of aryl methyl sites for hydroxylation is 2. The summed E-state index contributed by atoms with van der Waals surface area (Å²) >= 11 is 6.25. The molecule has 1 aromatic heterocycles. The minimum Gasteiger partial charge on any atom is -0.357 e. The second-order valence-corrected chi connectivity index (χ2v) is 8.06. The van der Waals surface area contributed by atoms with Gasteiger partial charge in [-0.05, 0) is 50.5 Å². The van der Waals surface area contributed by atoms with Crippen LogP contribution >= 0.6 is 35.6 Å². The maximum absolute atomic E-state index is 13.3. The first-order valence-corrected chi connectivity index (χ1v) is 10.00. The molecule has 0 aliphatic heterocycles. The third-order valence-electron chi connectivity index (χ3n) is 4.96. The quantitative estimate of drug-likeness (QED) is 0.311. The van der Waals surface area contributed by atoms with Crippen LogP contribution in [0.4, 0.5) is 4.39 Å². The van der Waals surface area contributed by atoms with Crippen LogP contribution in [0.2, 0.25) is 5.02 Å². The maximum Gasteiger partial charge on any atom is 0.191 e. The number of nitrogens with one attached hydrogen (secondary N) is 2. The van der Waals surface area contributed by atoms with Gasteiger partial charge in [-0.1, -0.05) is 31.5 Å². The van der Waals surface area contributed by atoms with Crippen molar-refractivity contribution >= 4 is 41.5 Å². The second kappa shape index (κ2) is 11.2. The third kappa shape index (κ3) is 6.84. The number of aromatic nitrogens is 2. The van der Waals surface area contributed by atoms with E-state index in [2.05, 4.69) is 36.5 Å². The molecule has 2 N–H and O–H groups in total. The van der Waals surface area contributed by atoms with Crippen LogP contribution in [0.5, 0.6) is 0 Å². The van der Waals surface area contributed by atoms with E-state index in [1.807, 2.05) is 25.6 Å². The fourth-order valence-electron chi connectivity index (χ4n) is 3.23. The van der Waals surface area contributed by atoms with Crippen molar-refractivity contribution in [1.29, 1.82) is 0 Å². The molecule has 0 unspecified atom stereocenters. The molecule has 0 fully saturated rings. The lowest BCUT2D eigenvalue weighted by atomic mass is 9.84. The molecule has 0 atom stereocenters. The fraction of sp³-hybridized carbons (Fsp3) is 0.524. The van der Waals surface area contributed by atoms with Crippen LogP contribution < -0.4 is 10.6 Å². The van der Waals surface area contributed by atoms with Gasteiger partial charge >= 0.3 is 0 Å². The molecule has 2 aromatic rings. The Kier molecular flexibility index (Phi) is 9.88. The molecule has 0 aliphatic carbocycles. The zero-order chi connectivity index (χ0) is 20.9. The molecule has 29 heavy (non-hydrogen) atoms. The molecule has 0 aliphatic rings. The van der Waals surface area contributed by atoms with Crippen LogP contribution in [-0.4, -0.2) is 35.4 Å². The Morgan fingerprint density at radius 1 is 1.28 bits per heavy atom. The predicted octanol–water partition coefficient (Wildman–Crippen LogP) is 4.52. The minimum atomic E-state index is -0.330. The standard InChI is InChI=1S/C21H31ClFN5.HI/c1-7-24-20(25-11-10-17-14(2)27-28(6)15(17)3)26-13-21(4,5)18-9-8-16(23)12-19(18)22;/h8-9,12H,7,10-11,13H2,1-6H3,(H2,24,25,26);1H. The van der Waals surface area contributed by atoms with Crippen molar-refractivity contribution in [1.82, 2.24) is 20.4 Å². The molecule has 0 saturated carbocycles. The van der Waals surface area contributed by atoms with Crippen LogP contribution in [0.25, 0.3) is 0 Å². The summed E-state index contributed by atoms with van der Waals surface area (Å²) in [5, 5.41) is 11.6. The summed E-state index contributed by atoms with van der Waals surface area (Å²) in [6.45, 7) is 12.3. The van der Waals surface area contributed by atoms with E-state index in [4.69, 9.17) is 16.6 Å². The van der Waals surface area contributed by atoms with Crippen LogP contribution in [-0.2, 0) is 18.9 Å². The summed E-state index contributed by atoms with van der Waals surface area (Å²) in [6.07, 6.45) is 0.878. The largest absolute Gasteiger partial charge is 0.357 e. The minimum absolute atomic E-state index is 0. The average molecular weight is 536 g/mol. The van der Waals surface area contributed by atoms with E-state index in [-0.39, 0.29) is 35.2 Å². The molecule has 0 bridgehead atoms. The Labute approximate surface area is 195 Å². The van der Waals surface area contributed by atoms with Gasteiger partial charge < -0.3 is 10.6 Å². The van der Waals surface area contributed by atoms with Crippen LogP contribution in [0, 0.1) is 19.7 Å². The summed E-state index contributed by atoms with van der Waals surface area (Å²) in [4.78, 5) is 4.73. The maximum atomic E-state index is 13.3. The van der Waals surface area contributed by atoms with E-state index in [0.717, 1.165) is 36.7 Å². The molecule has 1 heterocycles. The SMILES string of the molecule is CCNC(=NCC(C)(C)c1ccc(F)cc1Cl)NCCc1c(C)nn(C)c1C.I. The van der Waals surface area contributed by atoms with Gasteiger partial charge in [0.2, 0.25) is 0 Å². The lowest BCUT2D eigenvalue weighted by Gasteiger charge is -2.25. The first kappa shape index (κ1) is 25.7. The normalized spacial score (nSPS) is 11.9. The first-order chi connectivity index (χ1) is 13.2. The average Bonchev–Trinajstić information content (AvgIpc) is 2.85. The van der Waals surface area contributed by atoms with Crippen molar-refractivity contribution < 1.29 is 4.39 Å². The number of hydrogen-bond acceptors (Lipinski definition) is 2. The highest BCUT2D eigenvalue weighted by Crippen LogP contribution is 2.30. The Balaban J connectivity index is 0.00000420. The zero-order valence-corrected chi connectivity index (χ0v) is 21.2. The van der Waals surface area contributed by atoms with Gasteiger partial charge in [-0.25, -0.2) is 4.39 Å². The number of rotatable bonds is 7. The Hall–Kier alpha value is -1.35. The summed E-state index contributed by atoms with van der Waals surface area (Å²) in [5.41, 5.74) is 4.09. The Bertz CT molecular complexity index is 848. The van der Waals surface area contributed by atoms with Gasteiger partial charge in [-0.2, -0.15) is 5.10 Å². The van der Waals surface area contributed by atoms with Crippen LogP contribution in [0.15, 0.2) is 23.2 Å². The number of guanidine groups is 1. The summed E-state index contributed by atoms with van der Waals surface area (Å²) in [6, 6.07) is 4.53. The van der Waals surface area contributed by atoms with Gasteiger partial charge in [0.1, 0.15) is 5.82 Å². The van der Waals surface area contributed by atoms with E-state index in [9.17, 15) is 4.39 Å². The van der Waals surface area contributed by atoms with Gasteiger partial charge in [0.05, 0.1) is 12.2 Å². The van der Waals surface area contributed by atoms with Gasteiger partial charge in [-0.3, -0.25) is 9.67 Å². The molecule has 8 heteroatoms. The second-order valence-electron chi connectivity index (χ2n) is 7.65. The van der Waals surface area contributed by atoms with Crippen molar-refractivity contribution in [3.63, 3.8) is 0 Å². The third-order valence-corrected chi connectivity index (χ3v) is 5.28. The van der Waals surface area contributed by atoms with Gasteiger partial charge in [0.25, 0.3) is 0 Å². The molecule has 5 nitrogen and oxygen atoms in total. The zero-order valence-electron chi connectivity index (χ0n) is 18.1. The number of nitrogens with zero attached hydrogens (tertiary/aromatic N) is 3. The van der Waals surface area contributed by atoms with Crippen molar-refractivity contribution in [2.75, 3.05) is 19.6 Å². The molecule has 2 rings (SSSR count).